The molecule has 0 atom stereocenters. The Balaban J connectivity index is 3.38. The Morgan fingerprint density at radius 2 is 1.48 bits per heavy atom. The average Bonchev–Trinajstić information content (AvgIpc) is 3.01. The normalized spacial score (nSPS) is 14.1. The van der Waals surface area contributed by atoms with Crippen LogP contribution in [0.3, 0.4) is 0 Å². The topological polar surface area (TPSA) is 4.41 Å². The minimum atomic E-state index is 1.08. The molecule has 0 aliphatic rings. The van der Waals surface area contributed by atoms with Crippen molar-refractivity contribution in [3.63, 3.8) is 0 Å². The van der Waals surface area contributed by atoms with Gasteiger partial charge in [-0.25, -0.2) is 0 Å². The molecule has 1 heteroatoms. The Morgan fingerprint density at radius 1 is 0.826 bits per heavy atom. The molecule has 23 heavy (non-hydrogen) atoms. The summed E-state index contributed by atoms with van der Waals surface area (Å²) in [5, 5.41) is 3.38. The number of rotatable bonds is 5. The molecule has 0 aliphatic heterocycles. The van der Waals surface area contributed by atoms with Crippen molar-refractivity contribution in [1.82, 2.24) is 4.40 Å². The molecule has 0 fully saturated rings. The summed E-state index contributed by atoms with van der Waals surface area (Å²) in [7, 11) is 0. The number of allylic oxidation sites excluding steroid dienone is 3. The van der Waals surface area contributed by atoms with Gasteiger partial charge >= 0.3 is 0 Å². The molecule has 2 aromatic rings. The van der Waals surface area contributed by atoms with Crippen molar-refractivity contribution in [2.24, 2.45) is 0 Å². The molecule has 0 amide bonds. The van der Waals surface area contributed by atoms with Gasteiger partial charge in [-0.2, -0.15) is 0 Å². The molecule has 1 nitrogen and oxygen atoms in total. The molecule has 0 N–H and O–H groups in total. The zero-order valence-corrected chi connectivity index (χ0v) is 14.0. The van der Waals surface area contributed by atoms with E-state index in [1.54, 1.807) is 0 Å². The van der Waals surface area contributed by atoms with Crippen LogP contribution >= 0.6 is 0 Å². The van der Waals surface area contributed by atoms with E-state index in [-0.39, 0.29) is 0 Å². The molecule has 0 spiro atoms. The van der Waals surface area contributed by atoms with E-state index in [0.717, 1.165) is 38.1 Å². The Morgan fingerprint density at radius 3 is 1.96 bits per heavy atom. The second-order valence-electron chi connectivity index (χ2n) is 5.11. The summed E-state index contributed by atoms with van der Waals surface area (Å²) >= 11 is 0. The maximum atomic E-state index is 4.02. The van der Waals surface area contributed by atoms with Crippen LogP contribution in [0.15, 0.2) is 44.5 Å². The highest BCUT2D eigenvalue weighted by molar-refractivity contribution is 5.82. The minimum Gasteiger partial charge on any atom is -0.308 e. The molecule has 0 aliphatic carbocycles. The van der Waals surface area contributed by atoms with Crippen LogP contribution in [0.2, 0.25) is 0 Å². The third-order valence-corrected chi connectivity index (χ3v) is 3.92. The van der Waals surface area contributed by atoms with Crippen molar-refractivity contribution in [3.05, 3.63) is 77.2 Å². The zero-order valence-electron chi connectivity index (χ0n) is 14.0. The van der Waals surface area contributed by atoms with Crippen LogP contribution in [0.4, 0.5) is 0 Å². The van der Waals surface area contributed by atoms with Gasteiger partial charge in [0.15, 0.2) is 0 Å². The monoisotopic (exact) mass is 301 g/mol. The average molecular weight is 301 g/mol. The molecule has 0 bridgehead atoms. The molecule has 2 heterocycles. The first-order valence-corrected chi connectivity index (χ1v) is 7.69. The summed E-state index contributed by atoms with van der Waals surface area (Å²) in [4.78, 5) is 0. The van der Waals surface area contributed by atoms with Gasteiger partial charge in [-0.15, -0.1) is 0 Å². The van der Waals surface area contributed by atoms with Gasteiger partial charge in [0.1, 0.15) is 0 Å². The van der Waals surface area contributed by atoms with Crippen LogP contribution in [-0.4, -0.2) is 4.40 Å². The summed E-state index contributed by atoms with van der Waals surface area (Å²) in [6.07, 6.45) is 17.8. The maximum Gasteiger partial charge on any atom is 0.0620 e. The molecule has 2 rings (SSSR count). The standard InChI is InChI=1S/C22H23N/c1-7-13-17-16(10-4)22-19(15-9-3)18(14-8-2)21(12-6)23(22)20(17)11-5/h7-15H,1,3-4,6H2,2,5H3/b14-8-,17-13-,19-15-,20-11+. The van der Waals surface area contributed by atoms with Crippen LogP contribution < -0.4 is 15.8 Å². The van der Waals surface area contributed by atoms with E-state index < -0.39 is 0 Å². The van der Waals surface area contributed by atoms with E-state index in [2.05, 4.69) is 42.9 Å². The number of aromatic nitrogens is 1. The molecular weight excluding hydrogens is 278 g/mol. The largest absolute Gasteiger partial charge is 0.308 e. The Hall–Kier alpha value is -2.80. The fourth-order valence-electron chi connectivity index (χ4n) is 3.14. The highest BCUT2D eigenvalue weighted by atomic mass is 14.9. The lowest BCUT2D eigenvalue weighted by Gasteiger charge is -1.96. The first-order valence-electron chi connectivity index (χ1n) is 7.69. The molecule has 2 aromatic heterocycles. The number of fused-ring (bicyclic) bond motifs is 1. The summed E-state index contributed by atoms with van der Waals surface area (Å²) in [5.41, 5.74) is 4.45. The summed E-state index contributed by atoms with van der Waals surface area (Å²) in [6, 6.07) is 0. The van der Waals surface area contributed by atoms with E-state index in [9.17, 15) is 0 Å². The van der Waals surface area contributed by atoms with Crippen molar-refractivity contribution in [2.45, 2.75) is 13.8 Å². The Kier molecular flexibility index (Phi) is 5.02. The molecule has 0 saturated heterocycles. The summed E-state index contributed by atoms with van der Waals surface area (Å²) in [5.74, 6) is 0. The highest BCUT2D eigenvalue weighted by Crippen LogP contribution is 2.16. The van der Waals surface area contributed by atoms with E-state index in [4.69, 9.17) is 0 Å². The van der Waals surface area contributed by atoms with E-state index in [1.807, 2.05) is 56.4 Å². The smallest absolute Gasteiger partial charge is 0.0620 e. The van der Waals surface area contributed by atoms with Gasteiger partial charge in [0.05, 0.1) is 11.2 Å². The molecule has 0 radical (unpaired) electrons. The second-order valence-corrected chi connectivity index (χ2v) is 5.11. The molecular formula is C22H23N. The van der Waals surface area contributed by atoms with Crippen LogP contribution in [0, 0.1) is 0 Å². The SMILES string of the molecule is C=C/C=c1/c(C=C)c2/c(=C\C=C)c(/C=C\C)c(C=C)n2/c1=C/C. The molecule has 116 valence electrons. The fraction of sp³-hybridized carbons (Fsp3) is 0.0909. The van der Waals surface area contributed by atoms with Crippen LogP contribution in [-0.2, 0) is 0 Å². The number of hydrogen-bond donors (Lipinski definition) is 0. The summed E-state index contributed by atoms with van der Waals surface area (Å²) in [6.45, 7) is 19.8. The number of hydrogen-bond acceptors (Lipinski definition) is 0. The van der Waals surface area contributed by atoms with Gasteiger partial charge < -0.3 is 4.40 Å². The van der Waals surface area contributed by atoms with Crippen LogP contribution in [0.5, 0.6) is 0 Å². The van der Waals surface area contributed by atoms with Crippen molar-refractivity contribution < 1.29 is 0 Å². The zero-order chi connectivity index (χ0) is 17.0. The predicted molar refractivity (Wildman–Crippen MR) is 106 cm³/mol. The van der Waals surface area contributed by atoms with Crippen LogP contribution in [0.1, 0.15) is 30.7 Å². The Bertz CT molecular complexity index is 991. The van der Waals surface area contributed by atoms with E-state index in [0.29, 0.717) is 0 Å². The van der Waals surface area contributed by atoms with Gasteiger partial charge in [-0.1, -0.05) is 74.9 Å². The molecule has 0 saturated carbocycles. The van der Waals surface area contributed by atoms with Crippen LogP contribution in [0.25, 0.3) is 42.0 Å². The van der Waals surface area contributed by atoms with Crippen molar-refractivity contribution in [1.29, 1.82) is 0 Å². The highest BCUT2D eigenvalue weighted by Gasteiger charge is 2.15. The molecule has 0 unspecified atom stereocenters. The summed E-state index contributed by atoms with van der Waals surface area (Å²) < 4.78 is 2.24. The lowest BCUT2D eigenvalue weighted by molar-refractivity contribution is 1.14. The lowest BCUT2D eigenvalue weighted by atomic mass is 10.1. The van der Waals surface area contributed by atoms with Gasteiger partial charge in [-0.3, -0.25) is 0 Å². The quantitative estimate of drug-likeness (QED) is 0.793. The van der Waals surface area contributed by atoms with Gasteiger partial charge in [0, 0.05) is 26.9 Å². The van der Waals surface area contributed by atoms with E-state index in [1.165, 1.54) is 0 Å². The third kappa shape index (κ3) is 2.44. The lowest BCUT2D eigenvalue weighted by Crippen LogP contribution is -2.27. The Labute approximate surface area is 137 Å². The first-order chi connectivity index (χ1) is 11.2. The maximum absolute atomic E-state index is 4.02. The van der Waals surface area contributed by atoms with Crippen molar-refractivity contribution in [3.8, 4) is 0 Å². The van der Waals surface area contributed by atoms with Gasteiger partial charge in [-0.05, 0) is 19.9 Å². The first kappa shape index (κ1) is 16.6. The van der Waals surface area contributed by atoms with Gasteiger partial charge in [0.2, 0.25) is 0 Å². The van der Waals surface area contributed by atoms with Crippen molar-refractivity contribution in [2.75, 3.05) is 0 Å². The second kappa shape index (κ2) is 6.97. The molecule has 0 aromatic carbocycles. The van der Waals surface area contributed by atoms with E-state index >= 15 is 0 Å². The van der Waals surface area contributed by atoms with Crippen molar-refractivity contribution >= 4 is 42.0 Å². The van der Waals surface area contributed by atoms with Gasteiger partial charge in [0.25, 0.3) is 0 Å². The fourth-order valence-corrected chi connectivity index (χ4v) is 3.14. The predicted octanol–water partition coefficient (Wildman–Crippen LogP) is 3.71. The third-order valence-electron chi connectivity index (χ3n) is 3.92. The minimum absolute atomic E-state index is 1.08. The number of nitrogens with zero attached hydrogens (tertiary/aromatic N) is 1.